The van der Waals surface area contributed by atoms with E-state index in [1.54, 1.807) is 0 Å². The molecule has 1 atom stereocenters. The molecular formula is C16H26N2. The van der Waals surface area contributed by atoms with Crippen LogP contribution in [0.3, 0.4) is 0 Å². The smallest absolute Gasteiger partial charge is 0.0366 e. The van der Waals surface area contributed by atoms with Gasteiger partial charge in [-0.1, -0.05) is 26.0 Å². The highest BCUT2D eigenvalue weighted by atomic mass is 15.1. The average molecular weight is 246 g/mol. The highest BCUT2D eigenvalue weighted by Crippen LogP contribution is 2.29. The Morgan fingerprint density at radius 2 is 1.89 bits per heavy atom. The number of hydrogen-bond acceptors (Lipinski definition) is 2. The van der Waals surface area contributed by atoms with Crippen LogP contribution in [0.15, 0.2) is 24.3 Å². The van der Waals surface area contributed by atoms with Crippen molar-refractivity contribution in [1.82, 2.24) is 5.32 Å². The molecule has 100 valence electrons. The number of nitrogens with one attached hydrogen (secondary N) is 1. The summed E-state index contributed by atoms with van der Waals surface area (Å²) in [5, 5.41) is 3.53. The number of nitrogens with zero attached hydrogens (tertiary/aromatic N) is 1. The number of hydrogen-bond donors (Lipinski definition) is 1. The van der Waals surface area contributed by atoms with Gasteiger partial charge in [-0.2, -0.15) is 0 Å². The minimum atomic E-state index is 0.498. The molecule has 0 bridgehead atoms. The minimum Gasteiger partial charge on any atom is -0.372 e. The minimum absolute atomic E-state index is 0.498. The maximum atomic E-state index is 3.53. The van der Waals surface area contributed by atoms with Crippen molar-refractivity contribution >= 4 is 5.69 Å². The van der Waals surface area contributed by atoms with Crippen molar-refractivity contribution in [2.75, 3.05) is 18.5 Å². The van der Waals surface area contributed by atoms with Gasteiger partial charge in [0, 0.05) is 24.8 Å². The molecule has 1 unspecified atom stereocenters. The Kier molecular flexibility index (Phi) is 4.65. The molecule has 1 aliphatic rings. The molecule has 1 aliphatic carbocycles. The Labute approximate surface area is 111 Å². The van der Waals surface area contributed by atoms with E-state index in [0.717, 1.165) is 19.0 Å². The molecule has 0 radical (unpaired) electrons. The van der Waals surface area contributed by atoms with E-state index in [2.05, 4.69) is 55.4 Å². The van der Waals surface area contributed by atoms with E-state index in [9.17, 15) is 0 Å². The van der Waals surface area contributed by atoms with Crippen molar-refractivity contribution in [3.63, 3.8) is 0 Å². The molecule has 2 nitrogen and oxygen atoms in total. The van der Waals surface area contributed by atoms with Crippen LogP contribution < -0.4 is 10.2 Å². The van der Waals surface area contributed by atoms with Crippen LogP contribution in [0.5, 0.6) is 0 Å². The lowest BCUT2D eigenvalue weighted by molar-refractivity contribution is 0.401. The average Bonchev–Trinajstić information content (AvgIpc) is 2.34. The third kappa shape index (κ3) is 2.86. The molecule has 0 amide bonds. The van der Waals surface area contributed by atoms with Crippen molar-refractivity contribution in [3.8, 4) is 0 Å². The van der Waals surface area contributed by atoms with E-state index in [-0.39, 0.29) is 0 Å². The third-order valence-electron chi connectivity index (χ3n) is 4.18. The van der Waals surface area contributed by atoms with E-state index < -0.39 is 0 Å². The molecule has 2 rings (SSSR count). The monoisotopic (exact) mass is 246 g/mol. The van der Waals surface area contributed by atoms with Crippen LogP contribution in [0.4, 0.5) is 5.69 Å². The fourth-order valence-corrected chi connectivity index (χ4v) is 2.67. The lowest BCUT2D eigenvalue weighted by atomic mass is 9.91. The topological polar surface area (TPSA) is 15.3 Å². The van der Waals surface area contributed by atoms with Crippen molar-refractivity contribution in [3.05, 3.63) is 29.8 Å². The van der Waals surface area contributed by atoms with Crippen molar-refractivity contribution < 1.29 is 0 Å². The highest BCUT2D eigenvalue weighted by molar-refractivity contribution is 5.48. The van der Waals surface area contributed by atoms with E-state index in [1.807, 2.05) is 0 Å². The van der Waals surface area contributed by atoms with Gasteiger partial charge < -0.3 is 10.2 Å². The van der Waals surface area contributed by atoms with Gasteiger partial charge in [0.15, 0.2) is 0 Å². The second-order valence-corrected chi connectivity index (χ2v) is 5.31. The predicted molar refractivity (Wildman–Crippen MR) is 79.2 cm³/mol. The molecule has 18 heavy (non-hydrogen) atoms. The molecule has 1 saturated carbocycles. The molecule has 1 N–H and O–H groups in total. The molecule has 1 fully saturated rings. The van der Waals surface area contributed by atoms with Gasteiger partial charge in [-0.05, 0) is 49.9 Å². The lowest BCUT2D eigenvalue weighted by Crippen LogP contribution is -2.37. The first kappa shape index (κ1) is 13.4. The zero-order valence-corrected chi connectivity index (χ0v) is 11.9. The van der Waals surface area contributed by atoms with Crippen LogP contribution in [0.2, 0.25) is 0 Å². The van der Waals surface area contributed by atoms with Crippen LogP contribution >= 0.6 is 0 Å². The van der Waals surface area contributed by atoms with Crippen LogP contribution in [-0.4, -0.2) is 19.6 Å². The van der Waals surface area contributed by atoms with E-state index >= 15 is 0 Å². The van der Waals surface area contributed by atoms with Crippen LogP contribution in [0.1, 0.15) is 51.1 Å². The zero-order chi connectivity index (χ0) is 13.0. The third-order valence-corrected chi connectivity index (χ3v) is 4.18. The maximum Gasteiger partial charge on any atom is 0.0366 e. The highest BCUT2D eigenvalue weighted by Gasteiger charge is 2.22. The van der Waals surface area contributed by atoms with Crippen LogP contribution in [-0.2, 0) is 0 Å². The quantitative estimate of drug-likeness (QED) is 0.822. The van der Waals surface area contributed by atoms with Gasteiger partial charge in [-0.25, -0.2) is 0 Å². The van der Waals surface area contributed by atoms with Gasteiger partial charge in [-0.3, -0.25) is 0 Å². The van der Waals surface area contributed by atoms with Gasteiger partial charge in [0.1, 0.15) is 0 Å². The molecule has 1 aromatic rings. The summed E-state index contributed by atoms with van der Waals surface area (Å²) < 4.78 is 0. The summed E-state index contributed by atoms with van der Waals surface area (Å²) in [5.74, 6) is 0. The fourth-order valence-electron chi connectivity index (χ4n) is 2.67. The summed E-state index contributed by atoms with van der Waals surface area (Å²) in [4.78, 5) is 2.43. The normalized spacial score (nSPS) is 17.3. The molecule has 0 saturated heterocycles. The van der Waals surface area contributed by atoms with E-state index in [4.69, 9.17) is 0 Å². The van der Waals surface area contributed by atoms with Gasteiger partial charge in [0.2, 0.25) is 0 Å². The first-order valence-corrected chi connectivity index (χ1v) is 7.32. The van der Waals surface area contributed by atoms with Crippen molar-refractivity contribution in [1.29, 1.82) is 0 Å². The number of anilines is 1. The summed E-state index contributed by atoms with van der Waals surface area (Å²) in [6.07, 6.45) is 5.25. The van der Waals surface area contributed by atoms with Crippen LogP contribution in [0.25, 0.3) is 0 Å². The second-order valence-electron chi connectivity index (χ2n) is 5.31. The van der Waals surface area contributed by atoms with Crippen LogP contribution in [0, 0.1) is 0 Å². The van der Waals surface area contributed by atoms with Crippen molar-refractivity contribution in [2.45, 2.75) is 51.6 Å². The molecule has 0 aliphatic heterocycles. The van der Waals surface area contributed by atoms with E-state index in [0.29, 0.717) is 6.04 Å². The Morgan fingerprint density at radius 3 is 2.33 bits per heavy atom. The SMILES string of the molecule is CCNC(CC)c1ccc(N(C)C2CCC2)cc1. The first-order valence-electron chi connectivity index (χ1n) is 7.32. The lowest BCUT2D eigenvalue weighted by Gasteiger charge is -2.36. The summed E-state index contributed by atoms with van der Waals surface area (Å²) in [5.41, 5.74) is 2.76. The first-order chi connectivity index (χ1) is 8.76. The standard InChI is InChI=1S/C16H26N2/c1-4-16(17-5-2)13-9-11-15(12-10-13)18(3)14-7-6-8-14/h9-12,14,16-17H,4-8H2,1-3H3. The molecule has 2 heteroatoms. The van der Waals surface area contributed by atoms with Crippen molar-refractivity contribution in [2.24, 2.45) is 0 Å². The Hall–Kier alpha value is -1.02. The second kappa shape index (κ2) is 6.24. The van der Waals surface area contributed by atoms with Gasteiger partial charge >= 0.3 is 0 Å². The summed E-state index contributed by atoms with van der Waals surface area (Å²) in [6.45, 7) is 5.44. The number of rotatable bonds is 6. The Morgan fingerprint density at radius 1 is 1.22 bits per heavy atom. The molecule has 1 aromatic carbocycles. The summed E-state index contributed by atoms with van der Waals surface area (Å²) in [6, 6.07) is 10.4. The number of benzene rings is 1. The zero-order valence-electron chi connectivity index (χ0n) is 11.9. The summed E-state index contributed by atoms with van der Waals surface area (Å²) in [7, 11) is 2.22. The Bertz CT molecular complexity index is 333. The Balaban J connectivity index is 2.03. The molecular weight excluding hydrogens is 220 g/mol. The molecule has 0 heterocycles. The van der Waals surface area contributed by atoms with Gasteiger partial charge in [-0.15, -0.1) is 0 Å². The largest absolute Gasteiger partial charge is 0.372 e. The fraction of sp³-hybridized carbons (Fsp3) is 0.625. The predicted octanol–water partition coefficient (Wildman–Crippen LogP) is 3.74. The maximum absolute atomic E-state index is 3.53. The van der Waals surface area contributed by atoms with Gasteiger partial charge in [0.05, 0.1) is 0 Å². The van der Waals surface area contributed by atoms with E-state index in [1.165, 1.54) is 30.5 Å². The van der Waals surface area contributed by atoms with Gasteiger partial charge in [0.25, 0.3) is 0 Å². The molecule has 0 aromatic heterocycles. The molecule has 0 spiro atoms. The summed E-state index contributed by atoms with van der Waals surface area (Å²) >= 11 is 0.